The molecule has 0 spiro atoms. The van der Waals surface area contributed by atoms with E-state index >= 15 is 0 Å². The largest absolute Gasteiger partial charge is 0.356 e. The lowest BCUT2D eigenvalue weighted by molar-refractivity contribution is -0.124. The SMILES string of the molecule is CC(=O)C(C)C.CC(C)C(=O)c1cc2c([nH]1)C=CC2.CC(C)C(C(C)C)n1cccc1.CC(C)C(C(C)C)n1cccn1.CCC(C(C)C)n1cccc1.CCC(C(C)C)n1cccc1C.CCC(C(C)C)n1cccn1.CCCNC(=O)C(C)C.Cc1cccn1C(C(C)C)C(C)C. The van der Waals surface area contributed by atoms with Crippen LogP contribution < -0.4 is 5.32 Å². The molecule has 0 aliphatic heterocycles. The highest BCUT2D eigenvalue weighted by molar-refractivity contribution is 5.96. The summed E-state index contributed by atoms with van der Waals surface area (Å²) in [5, 5.41) is 11.3. The minimum Gasteiger partial charge on any atom is -0.356 e. The smallest absolute Gasteiger partial charge is 0.222 e. The van der Waals surface area contributed by atoms with Crippen LogP contribution in [0.1, 0.15) is 296 Å². The van der Waals surface area contributed by atoms with Crippen molar-refractivity contribution in [3.05, 3.63) is 163 Å². The van der Waals surface area contributed by atoms with Gasteiger partial charge < -0.3 is 28.6 Å². The van der Waals surface area contributed by atoms with Gasteiger partial charge in [-0.15, -0.1) is 0 Å². The fourth-order valence-electron chi connectivity index (χ4n) is 13.0. The van der Waals surface area contributed by atoms with Gasteiger partial charge in [-0.1, -0.05) is 200 Å². The average Bonchev–Trinajstić information content (AvgIpc) is 1.69. The molecule has 7 heterocycles. The lowest BCUT2D eigenvalue weighted by Crippen LogP contribution is -2.28. The number of rotatable bonds is 24. The summed E-state index contributed by atoms with van der Waals surface area (Å²) in [6.07, 6.45) is 30.4. The Kier molecular flexibility index (Phi) is 46.5. The minimum absolute atomic E-state index is 0.0720. The Bertz CT molecular complexity index is 2980. The molecular formula is C86H148N10O3. The van der Waals surface area contributed by atoms with Crippen LogP contribution in [0.15, 0.2) is 135 Å². The van der Waals surface area contributed by atoms with Crippen molar-refractivity contribution >= 4 is 23.5 Å². The Morgan fingerprint density at radius 2 is 0.869 bits per heavy atom. The highest BCUT2D eigenvalue weighted by Gasteiger charge is 2.22. The molecule has 0 saturated carbocycles. The molecule has 0 aromatic carbocycles. The minimum atomic E-state index is 0.0720. The van der Waals surface area contributed by atoms with Gasteiger partial charge in [-0.2, -0.15) is 10.2 Å². The van der Waals surface area contributed by atoms with Crippen molar-refractivity contribution in [1.82, 2.24) is 48.1 Å². The van der Waals surface area contributed by atoms with Gasteiger partial charge in [0, 0.05) is 128 Å². The molecule has 2 N–H and O–H groups in total. The molecule has 8 rings (SSSR count). The molecule has 3 unspecified atom stereocenters. The predicted molar refractivity (Wildman–Crippen MR) is 427 cm³/mol. The van der Waals surface area contributed by atoms with Gasteiger partial charge in [0.1, 0.15) is 5.78 Å². The molecule has 99 heavy (non-hydrogen) atoms. The molecule has 1 amide bonds. The number of ketones is 2. The number of nitrogens with one attached hydrogen (secondary N) is 2. The van der Waals surface area contributed by atoms with Crippen LogP contribution in [0, 0.1) is 84.9 Å². The van der Waals surface area contributed by atoms with E-state index in [1.165, 1.54) is 29.8 Å². The second kappa shape index (κ2) is 49.8. The molecule has 13 heteroatoms. The van der Waals surface area contributed by atoms with E-state index in [-0.39, 0.29) is 35.2 Å². The van der Waals surface area contributed by atoms with Crippen LogP contribution >= 0.6 is 0 Å². The zero-order valence-corrected chi connectivity index (χ0v) is 68.7. The van der Waals surface area contributed by atoms with Crippen LogP contribution in [0.25, 0.3) is 6.08 Å². The quantitative estimate of drug-likeness (QED) is 0.0581. The Labute approximate surface area is 606 Å². The van der Waals surface area contributed by atoms with Gasteiger partial charge >= 0.3 is 0 Å². The van der Waals surface area contributed by atoms with Gasteiger partial charge in [0.25, 0.3) is 0 Å². The third-order valence-corrected chi connectivity index (χ3v) is 18.2. The predicted octanol–water partition coefficient (Wildman–Crippen LogP) is 23.5. The number of nitrogens with zero attached hydrogens (tertiary/aromatic N) is 8. The highest BCUT2D eigenvalue weighted by Crippen LogP contribution is 2.30. The van der Waals surface area contributed by atoms with Crippen LogP contribution in [-0.2, 0) is 16.0 Å². The van der Waals surface area contributed by atoms with Gasteiger partial charge in [0.2, 0.25) is 5.91 Å². The van der Waals surface area contributed by atoms with Crippen molar-refractivity contribution in [3.63, 3.8) is 0 Å². The Balaban J connectivity index is 0.00000110. The fraction of sp³-hybridized carbons (Fsp3) is 0.640. The number of hydrogen-bond acceptors (Lipinski definition) is 5. The van der Waals surface area contributed by atoms with E-state index in [9.17, 15) is 14.4 Å². The van der Waals surface area contributed by atoms with Crippen molar-refractivity contribution in [3.8, 4) is 0 Å². The van der Waals surface area contributed by atoms with Crippen molar-refractivity contribution in [1.29, 1.82) is 0 Å². The molecule has 7 aromatic rings. The van der Waals surface area contributed by atoms with Gasteiger partial charge in [0.05, 0.1) is 17.8 Å². The zero-order chi connectivity index (χ0) is 75.8. The molecule has 13 nitrogen and oxygen atoms in total. The molecule has 0 radical (unpaired) electrons. The molecule has 1 aliphatic rings. The van der Waals surface area contributed by atoms with E-state index in [4.69, 9.17) is 0 Å². The summed E-state index contributed by atoms with van der Waals surface area (Å²) >= 11 is 0. The van der Waals surface area contributed by atoms with E-state index in [1.807, 2.05) is 102 Å². The summed E-state index contributed by atoms with van der Waals surface area (Å²) in [6.45, 7) is 67.8. The molecule has 3 atom stereocenters. The average molecular weight is 1370 g/mol. The van der Waals surface area contributed by atoms with Crippen molar-refractivity contribution in [2.75, 3.05) is 6.54 Å². The second-order valence-corrected chi connectivity index (χ2v) is 30.9. The second-order valence-electron chi connectivity index (χ2n) is 30.9. The van der Waals surface area contributed by atoms with E-state index in [0.29, 0.717) is 77.7 Å². The van der Waals surface area contributed by atoms with Gasteiger partial charge in [-0.3, -0.25) is 23.7 Å². The van der Waals surface area contributed by atoms with Crippen LogP contribution in [0.5, 0.6) is 0 Å². The molecule has 0 bridgehead atoms. The maximum Gasteiger partial charge on any atom is 0.222 e. The Hall–Kier alpha value is -6.63. The lowest BCUT2D eigenvalue weighted by atomic mass is 9.93. The summed E-state index contributed by atoms with van der Waals surface area (Å²) in [6, 6.07) is 26.6. The monoisotopic (exact) mass is 1370 g/mol. The first-order chi connectivity index (χ1) is 46.5. The summed E-state index contributed by atoms with van der Waals surface area (Å²) in [5.74, 6) is 7.23. The van der Waals surface area contributed by atoms with Gasteiger partial charge in [-0.25, -0.2) is 0 Å². The Morgan fingerprint density at radius 3 is 1.19 bits per heavy atom. The van der Waals surface area contributed by atoms with E-state index < -0.39 is 0 Å². The number of aromatic nitrogens is 9. The number of aryl methyl sites for hydroxylation is 2. The molecule has 560 valence electrons. The third-order valence-electron chi connectivity index (χ3n) is 18.2. The number of amides is 1. The van der Waals surface area contributed by atoms with E-state index in [2.05, 4.69) is 294 Å². The number of allylic oxidation sites excluding steroid dienone is 1. The lowest BCUT2D eigenvalue weighted by Gasteiger charge is -2.28. The van der Waals surface area contributed by atoms with Crippen LogP contribution in [-0.4, -0.2) is 66.8 Å². The number of Topliss-reactive ketones (excluding diaryl/α,β-unsaturated/α-hetero) is 2. The highest BCUT2D eigenvalue weighted by atomic mass is 16.2. The normalized spacial score (nSPS) is 12.5. The van der Waals surface area contributed by atoms with Crippen LogP contribution in [0.2, 0.25) is 0 Å². The van der Waals surface area contributed by atoms with Crippen LogP contribution in [0.4, 0.5) is 0 Å². The first kappa shape index (κ1) is 92.4. The number of carbonyl (C=O) groups is 3. The summed E-state index contributed by atoms with van der Waals surface area (Å²) in [4.78, 5) is 35.7. The number of fused-ring (bicyclic) bond motifs is 1. The van der Waals surface area contributed by atoms with E-state index in [1.54, 1.807) is 6.92 Å². The van der Waals surface area contributed by atoms with Crippen molar-refractivity contribution in [2.45, 2.75) is 283 Å². The van der Waals surface area contributed by atoms with Gasteiger partial charge in [0.15, 0.2) is 5.78 Å². The molecule has 7 aromatic heterocycles. The molecule has 0 saturated heterocycles. The summed E-state index contributed by atoms with van der Waals surface area (Å²) in [7, 11) is 0. The van der Waals surface area contributed by atoms with Gasteiger partial charge in [-0.05, 0) is 185 Å². The fourth-order valence-corrected chi connectivity index (χ4v) is 13.0. The third kappa shape index (κ3) is 34.5. The standard InChI is InChI=1S/C12H21N.C11H13NO.2C11H19N.C10H18N2.C10H17N.C9H16N2.C7H15NO.C5H10O/c1-9(2)12(10(3)4)13-8-6-7-11(13)5;1-7(2)11(13)10-6-8-4-3-5-9(8)12-10;1-9(2)11(10(3)4)12-7-5-6-8-12;1-5-11(9(2)3)12-8-6-7-10(12)4;1-8(2)10(9(3)4)12-7-5-6-11-12;1-4-10(9(2)3)11-7-5-6-8-11;1-4-9(8(2)3)11-7-5-6-10-11;1-4-5-8-7(9)6(2)3;1-4(2)5(3)6/h6-10,12H,1-5H3;3,5-7,12H,4H2,1-2H3;5-11H,1-4H3;6-9,11H,5H2,1-4H3;5-10H,1-4H3;5-10H,4H2,1-3H3;5-9H,4H2,1-3H3;6H,4-5H2,1-3H3,(H,8,9);4H,1-3H3. The zero-order valence-electron chi connectivity index (χ0n) is 68.7. The van der Waals surface area contributed by atoms with E-state index in [0.717, 1.165) is 49.0 Å². The first-order valence-corrected chi connectivity index (χ1v) is 38.2. The number of hydrogen-bond donors (Lipinski definition) is 2. The molecule has 1 aliphatic carbocycles. The number of H-pyrrole nitrogens is 1. The van der Waals surface area contributed by atoms with Crippen molar-refractivity contribution in [2.24, 2.45) is 71.0 Å². The summed E-state index contributed by atoms with van der Waals surface area (Å²) in [5.41, 5.74) is 5.83. The first-order valence-electron chi connectivity index (χ1n) is 38.2. The maximum absolute atomic E-state index is 11.6. The number of carbonyl (C=O) groups excluding carboxylic acids is 3. The molecular weight excluding hydrogens is 1220 g/mol. The number of aromatic amines is 1. The molecule has 0 fully saturated rings. The van der Waals surface area contributed by atoms with Crippen molar-refractivity contribution < 1.29 is 14.4 Å². The Morgan fingerprint density at radius 1 is 0.455 bits per heavy atom. The maximum atomic E-state index is 11.6. The summed E-state index contributed by atoms with van der Waals surface area (Å²) < 4.78 is 13.5. The topological polar surface area (TPSA) is 134 Å². The van der Waals surface area contributed by atoms with Crippen LogP contribution in [0.3, 0.4) is 0 Å².